The maximum Gasteiger partial charge on any atom is 0.400 e. The molecule has 0 aromatic heterocycles. The summed E-state index contributed by atoms with van der Waals surface area (Å²) in [7, 11) is -2.72. The second-order valence-corrected chi connectivity index (χ2v) is 4.22. The Morgan fingerprint density at radius 2 is 1.46 bits per heavy atom. The lowest BCUT2D eigenvalue weighted by atomic mass is 9.95. The average Bonchev–Trinajstić information content (AvgIpc) is 2.14. The largest absolute Gasteiger partial charge is 0.400 e. The van der Waals surface area contributed by atoms with Crippen molar-refractivity contribution in [3.8, 4) is 0 Å². The third-order valence-electron chi connectivity index (χ3n) is 2.42. The first-order valence-electron chi connectivity index (χ1n) is 4.46. The van der Waals surface area contributed by atoms with E-state index >= 15 is 0 Å². The highest BCUT2D eigenvalue weighted by Gasteiger charge is 2.31. The van der Waals surface area contributed by atoms with Crippen LogP contribution in [0.1, 0.15) is 40.0 Å². The lowest BCUT2D eigenvalue weighted by molar-refractivity contribution is 0.0461. The topological polar surface area (TPSA) is 52.6 Å². The third-order valence-corrected chi connectivity index (χ3v) is 3.38. The van der Waals surface area contributed by atoms with Crippen molar-refractivity contribution in [2.75, 3.05) is 7.11 Å². The van der Waals surface area contributed by atoms with Crippen LogP contribution in [0.4, 0.5) is 0 Å². The van der Waals surface area contributed by atoms with Crippen LogP contribution in [0.15, 0.2) is 0 Å². The molecule has 5 heteroatoms. The van der Waals surface area contributed by atoms with Crippen molar-refractivity contribution in [1.29, 1.82) is 0 Å². The summed E-state index contributed by atoms with van der Waals surface area (Å²) in [6.07, 6.45) is 1.97. The van der Waals surface area contributed by atoms with Crippen LogP contribution >= 0.6 is 0 Å². The fraction of sp³-hybridized carbons (Fsp3) is 1.00. The van der Waals surface area contributed by atoms with E-state index in [2.05, 4.69) is 4.18 Å². The minimum Gasteiger partial charge on any atom is -0.252 e. The van der Waals surface area contributed by atoms with Gasteiger partial charge < -0.3 is 0 Å². The molecule has 0 aliphatic heterocycles. The summed E-state index contributed by atoms with van der Waals surface area (Å²) >= 11 is 0. The Morgan fingerprint density at radius 3 is 1.69 bits per heavy atom. The molecule has 0 radical (unpaired) electrons. The first kappa shape index (κ1) is 12.9. The minimum absolute atomic E-state index is 0.602. The van der Waals surface area contributed by atoms with Gasteiger partial charge in [0.25, 0.3) is 0 Å². The zero-order valence-corrected chi connectivity index (χ0v) is 9.48. The van der Waals surface area contributed by atoms with Gasteiger partial charge >= 0.3 is 10.4 Å². The molecule has 0 amide bonds. The van der Waals surface area contributed by atoms with Crippen LogP contribution in [0.2, 0.25) is 0 Å². The van der Waals surface area contributed by atoms with Crippen LogP contribution in [-0.2, 0) is 18.8 Å². The van der Waals surface area contributed by atoms with Gasteiger partial charge in [-0.3, -0.25) is 4.18 Å². The molecule has 4 nitrogen and oxygen atoms in total. The van der Waals surface area contributed by atoms with E-state index in [1.807, 2.05) is 20.8 Å². The Bertz CT molecular complexity index is 220. The molecule has 0 spiro atoms. The van der Waals surface area contributed by atoms with E-state index in [1.54, 1.807) is 0 Å². The lowest BCUT2D eigenvalue weighted by Crippen LogP contribution is -2.33. The Balaban J connectivity index is 4.61. The number of rotatable bonds is 6. The highest BCUT2D eigenvalue weighted by atomic mass is 32.3. The van der Waals surface area contributed by atoms with Crippen LogP contribution in [0.25, 0.3) is 0 Å². The first-order chi connectivity index (χ1) is 5.95. The van der Waals surface area contributed by atoms with Gasteiger partial charge in [-0.1, -0.05) is 20.8 Å². The monoisotopic (exact) mass is 210 g/mol. The lowest BCUT2D eigenvalue weighted by Gasteiger charge is -2.28. The summed E-state index contributed by atoms with van der Waals surface area (Å²) < 4.78 is 31.3. The van der Waals surface area contributed by atoms with Gasteiger partial charge in [-0.2, -0.15) is 8.42 Å². The molecule has 0 aromatic rings. The molecule has 80 valence electrons. The number of hydrogen-bond acceptors (Lipinski definition) is 4. The zero-order valence-electron chi connectivity index (χ0n) is 8.66. The zero-order chi connectivity index (χ0) is 10.5. The van der Waals surface area contributed by atoms with Gasteiger partial charge in [-0.15, -0.1) is 0 Å². The van der Waals surface area contributed by atoms with Crippen molar-refractivity contribution in [3.05, 3.63) is 0 Å². The second kappa shape index (κ2) is 4.93. The fourth-order valence-corrected chi connectivity index (χ4v) is 2.03. The molecular formula is C8H18O4S. The standard InChI is InChI=1S/C8H18O4S/c1-5-8(6-2,7-3)12-13(9,10)11-4/h5-7H2,1-4H3. The van der Waals surface area contributed by atoms with Crippen LogP contribution in [0, 0.1) is 0 Å². The van der Waals surface area contributed by atoms with Crippen molar-refractivity contribution in [2.45, 2.75) is 45.6 Å². The molecule has 0 aliphatic rings. The smallest absolute Gasteiger partial charge is 0.252 e. The summed E-state index contributed by atoms with van der Waals surface area (Å²) in [6.45, 7) is 5.70. The maximum absolute atomic E-state index is 11.0. The third kappa shape index (κ3) is 3.62. The normalized spacial score (nSPS) is 13.2. The summed E-state index contributed by atoms with van der Waals surface area (Å²) in [5, 5.41) is 0. The van der Waals surface area contributed by atoms with Crippen molar-refractivity contribution >= 4 is 10.4 Å². The highest BCUT2D eigenvalue weighted by molar-refractivity contribution is 7.81. The van der Waals surface area contributed by atoms with E-state index in [4.69, 9.17) is 4.18 Å². The van der Waals surface area contributed by atoms with Crippen LogP contribution in [-0.4, -0.2) is 21.1 Å². The van der Waals surface area contributed by atoms with E-state index in [0.717, 1.165) is 7.11 Å². The first-order valence-corrected chi connectivity index (χ1v) is 5.79. The van der Waals surface area contributed by atoms with Crippen molar-refractivity contribution in [2.24, 2.45) is 0 Å². The molecule has 0 aliphatic carbocycles. The van der Waals surface area contributed by atoms with E-state index < -0.39 is 16.0 Å². The Morgan fingerprint density at radius 1 is 1.08 bits per heavy atom. The molecule has 0 saturated heterocycles. The second-order valence-electron chi connectivity index (χ2n) is 2.90. The maximum atomic E-state index is 11.0. The highest BCUT2D eigenvalue weighted by Crippen LogP contribution is 2.26. The molecule has 0 heterocycles. The van der Waals surface area contributed by atoms with Crippen LogP contribution < -0.4 is 0 Å². The van der Waals surface area contributed by atoms with Crippen molar-refractivity contribution in [3.63, 3.8) is 0 Å². The SMILES string of the molecule is CCC(CC)(CC)OS(=O)(=O)OC. The molecule has 0 fully saturated rings. The van der Waals surface area contributed by atoms with E-state index in [9.17, 15) is 8.42 Å². The molecule has 0 saturated carbocycles. The van der Waals surface area contributed by atoms with Gasteiger partial charge in [-0.05, 0) is 19.3 Å². The van der Waals surface area contributed by atoms with Crippen LogP contribution in [0.3, 0.4) is 0 Å². The van der Waals surface area contributed by atoms with Gasteiger partial charge in [0.1, 0.15) is 0 Å². The molecule has 13 heavy (non-hydrogen) atoms. The molecular weight excluding hydrogens is 192 g/mol. The van der Waals surface area contributed by atoms with Gasteiger partial charge in [0.15, 0.2) is 0 Å². The van der Waals surface area contributed by atoms with E-state index in [0.29, 0.717) is 19.3 Å². The molecule has 0 unspecified atom stereocenters. The van der Waals surface area contributed by atoms with Gasteiger partial charge in [0.2, 0.25) is 0 Å². The Labute approximate surface area is 80.6 Å². The molecule has 0 N–H and O–H groups in total. The quantitative estimate of drug-likeness (QED) is 0.671. The number of hydrogen-bond donors (Lipinski definition) is 0. The van der Waals surface area contributed by atoms with Gasteiger partial charge in [0.05, 0.1) is 12.7 Å². The van der Waals surface area contributed by atoms with Crippen LogP contribution in [0.5, 0.6) is 0 Å². The van der Waals surface area contributed by atoms with Crippen molar-refractivity contribution < 1.29 is 16.8 Å². The Kier molecular flexibility index (Phi) is 4.88. The molecule has 0 aromatic carbocycles. The van der Waals surface area contributed by atoms with Crippen molar-refractivity contribution in [1.82, 2.24) is 0 Å². The summed E-state index contributed by atoms with van der Waals surface area (Å²) in [4.78, 5) is 0. The molecule has 0 atom stereocenters. The Hall–Kier alpha value is -0.130. The summed E-state index contributed by atoms with van der Waals surface area (Å²) in [5.74, 6) is 0. The molecule has 0 rings (SSSR count). The van der Waals surface area contributed by atoms with E-state index in [1.165, 1.54) is 0 Å². The fourth-order valence-electron chi connectivity index (χ4n) is 1.18. The molecule has 0 bridgehead atoms. The average molecular weight is 210 g/mol. The summed E-state index contributed by atoms with van der Waals surface area (Å²) in [5.41, 5.74) is -0.602. The predicted molar refractivity (Wildman–Crippen MR) is 50.6 cm³/mol. The van der Waals surface area contributed by atoms with Gasteiger partial charge in [0, 0.05) is 0 Å². The predicted octanol–water partition coefficient (Wildman–Crippen LogP) is 1.86. The summed E-state index contributed by atoms with van der Waals surface area (Å²) in [6, 6.07) is 0. The van der Waals surface area contributed by atoms with Gasteiger partial charge in [-0.25, -0.2) is 4.18 Å². The van der Waals surface area contributed by atoms with E-state index in [-0.39, 0.29) is 0 Å². The minimum atomic E-state index is -3.81.